The zero-order chi connectivity index (χ0) is 18.6. The van der Waals surface area contributed by atoms with Crippen molar-refractivity contribution >= 4 is 11.8 Å². The molecule has 2 aromatic rings. The number of nitrogens with zero attached hydrogens (tertiary/aromatic N) is 2. The van der Waals surface area contributed by atoms with Crippen LogP contribution in [0.1, 0.15) is 15.9 Å². The van der Waals surface area contributed by atoms with Gasteiger partial charge in [-0.2, -0.15) is 0 Å². The second-order valence-electron chi connectivity index (χ2n) is 7.38. The predicted octanol–water partition coefficient (Wildman–Crippen LogP) is 1.10. The summed E-state index contributed by atoms with van der Waals surface area (Å²) in [4.78, 5) is 31.9. The fraction of sp³-hybridized carbons (Fsp3) is 0.381. The summed E-state index contributed by atoms with van der Waals surface area (Å²) in [6.07, 6.45) is 3.89. The highest BCUT2D eigenvalue weighted by molar-refractivity contribution is 5.97. The summed E-state index contributed by atoms with van der Waals surface area (Å²) in [7, 11) is 0. The van der Waals surface area contributed by atoms with Crippen LogP contribution in [-0.4, -0.2) is 53.9 Å². The van der Waals surface area contributed by atoms with Gasteiger partial charge >= 0.3 is 0 Å². The third-order valence-corrected chi connectivity index (χ3v) is 5.50. The van der Waals surface area contributed by atoms with Gasteiger partial charge in [-0.05, 0) is 35.6 Å². The summed E-state index contributed by atoms with van der Waals surface area (Å²) in [6, 6.07) is 12.2. The number of rotatable bonds is 5. The Bertz CT molecular complexity index is 784. The molecule has 2 aliphatic rings. The summed E-state index contributed by atoms with van der Waals surface area (Å²) in [5, 5.41) is 6.34. The van der Waals surface area contributed by atoms with Crippen LogP contribution in [0.2, 0.25) is 0 Å². The Morgan fingerprint density at radius 3 is 2.52 bits per heavy atom. The maximum Gasteiger partial charge on any atom is 0.251 e. The first-order valence-corrected chi connectivity index (χ1v) is 9.45. The number of likely N-dealkylation sites (tertiary alicyclic amines) is 1. The first kappa shape index (κ1) is 17.7. The predicted molar refractivity (Wildman–Crippen MR) is 102 cm³/mol. The van der Waals surface area contributed by atoms with Crippen molar-refractivity contribution in [2.75, 3.05) is 26.2 Å². The second-order valence-corrected chi connectivity index (χ2v) is 7.38. The lowest BCUT2D eigenvalue weighted by Crippen LogP contribution is -2.49. The van der Waals surface area contributed by atoms with Crippen LogP contribution in [-0.2, 0) is 11.2 Å². The van der Waals surface area contributed by atoms with E-state index in [0.29, 0.717) is 23.8 Å². The minimum absolute atomic E-state index is 0.00228. The Morgan fingerprint density at radius 2 is 1.85 bits per heavy atom. The van der Waals surface area contributed by atoms with E-state index in [2.05, 4.69) is 15.6 Å². The number of amides is 2. The average Bonchev–Trinajstić information content (AvgIpc) is 3.30. The zero-order valence-corrected chi connectivity index (χ0v) is 15.2. The standard InChI is InChI=1S/C21H24N4O2/c26-20(16-6-2-1-3-7-16)24-19(9-15-5-4-8-22-10-15)21(27)25-13-17-11-23-12-18(17)14-25/h1-8,10,17-19,23H,9,11-14H2,(H,24,26)/t17-,18+,19?. The van der Waals surface area contributed by atoms with Crippen LogP contribution in [0.15, 0.2) is 54.9 Å². The molecule has 0 spiro atoms. The first-order valence-electron chi connectivity index (χ1n) is 9.45. The summed E-state index contributed by atoms with van der Waals surface area (Å²) in [5.41, 5.74) is 1.49. The van der Waals surface area contributed by atoms with Crippen LogP contribution in [0, 0.1) is 11.8 Å². The van der Waals surface area contributed by atoms with E-state index in [0.717, 1.165) is 31.7 Å². The topological polar surface area (TPSA) is 74.3 Å². The van der Waals surface area contributed by atoms with Crippen molar-refractivity contribution in [1.29, 1.82) is 0 Å². The van der Waals surface area contributed by atoms with Crippen molar-refractivity contribution in [2.45, 2.75) is 12.5 Å². The summed E-state index contributed by atoms with van der Waals surface area (Å²) >= 11 is 0. The highest BCUT2D eigenvalue weighted by Gasteiger charge is 2.40. The van der Waals surface area contributed by atoms with Crippen LogP contribution in [0.25, 0.3) is 0 Å². The third-order valence-electron chi connectivity index (χ3n) is 5.50. The summed E-state index contributed by atoms with van der Waals surface area (Å²) in [6.45, 7) is 3.47. The Morgan fingerprint density at radius 1 is 1.11 bits per heavy atom. The minimum atomic E-state index is -0.589. The van der Waals surface area contributed by atoms with Gasteiger partial charge < -0.3 is 15.5 Å². The fourth-order valence-electron chi connectivity index (χ4n) is 4.04. The van der Waals surface area contributed by atoms with E-state index in [-0.39, 0.29) is 11.8 Å². The van der Waals surface area contributed by atoms with Crippen LogP contribution < -0.4 is 10.6 Å². The van der Waals surface area contributed by atoms with Crippen LogP contribution in [0.5, 0.6) is 0 Å². The van der Waals surface area contributed by atoms with E-state index in [1.165, 1.54) is 0 Å². The lowest BCUT2D eigenvalue weighted by molar-refractivity contribution is -0.132. The van der Waals surface area contributed by atoms with Crippen LogP contribution in [0.4, 0.5) is 0 Å². The van der Waals surface area contributed by atoms with Gasteiger partial charge in [0.05, 0.1) is 0 Å². The molecule has 1 aromatic heterocycles. The molecule has 140 valence electrons. The van der Waals surface area contributed by atoms with Gasteiger partial charge in [-0.25, -0.2) is 0 Å². The maximum absolute atomic E-state index is 13.2. The van der Waals surface area contributed by atoms with Gasteiger partial charge in [0.2, 0.25) is 5.91 Å². The molecule has 0 radical (unpaired) electrons. The second kappa shape index (κ2) is 7.88. The molecule has 1 unspecified atom stereocenters. The third kappa shape index (κ3) is 4.01. The number of hydrogen-bond donors (Lipinski definition) is 2. The Hall–Kier alpha value is -2.73. The lowest BCUT2D eigenvalue weighted by atomic mass is 10.0. The van der Waals surface area contributed by atoms with Crippen molar-refractivity contribution < 1.29 is 9.59 Å². The van der Waals surface area contributed by atoms with Crippen molar-refractivity contribution in [2.24, 2.45) is 11.8 Å². The molecule has 2 N–H and O–H groups in total. The van der Waals surface area contributed by atoms with Gasteiger partial charge in [-0.15, -0.1) is 0 Å². The fourth-order valence-corrected chi connectivity index (χ4v) is 4.04. The molecule has 0 aliphatic carbocycles. The van der Waals surface area contributed by atoms with Crippen LogP contribution >= 0.6 is 0 Å². The minimum Gasteiger partial charge on any atom is -0.340 e. The van der Waals surface area contributed by atoms with Crippen molar-refractivity contribution in [1.82, 2.24) is 20.5 Å². The monoisotopic (exact) mass is 364 g/mol. The van der Waals surface area contributed by atoms with Gasteiger partial charge in [0.15, 0.2) is 0 Å². The summed E-state index contributed by atoms with van der Waals surface area (Å²) in [5.74, 6) is 0.826. The molecule has 6 nitrogen and oxygen atoms in total. The molecule has 0 bridgehead atoms. The van der Waals surface area contributed by atoms with Crippen molar-refractivity contribution in [3.8, 4) is 0 Å². The van der Waals surface area contributed by atoms with E-state index in [9.17, 15) is 9.59 Å². The normalized spacial score (nSPS) is 22.3. The molecule has 2 saturated heterocycles. The Kier molecular flexibility index (Phi) is 5.16. The molecular weight excluding hydrogens is 340 g/mol. The van der Waals surface area contributed by atoms with E-state index in [1.807, 2.05) is 35.2 Å². The molecule has 27 heavy (non-hydrogen) atoms. The molecule has 3 atom stereocenters. The van der Waals surface area contributed by atoms with E-state index in [1.54, 1.807) is 24.5 Å². The highest BCUT2D eigenvalue weighted by Crippen LogP contribution is 2.27. The molecule has 0 saturated carbocycles. The number of hydrogen-bond acceptors (Lipinski definition) is 4. The first-order chi connectivity index (χ1) is 13.2. The maximum atomic E-state index is 13.2. The van der Waals surface area contributed by atoms with Gasteiger partial charge in [-0.1, -0.05) is 24.3 Å². The number of aromatic nitrogens is 1. The zero-order valence-electron chi connectivity index (χ0n) is 15.2. The molecule has 2 amide bonds. The Balaban J connectivity index is 1.50. The van der Waals surface area contributed by atoms with Crippen LogP contribution in [0.3, 0.4) is 0 Å². The molecule has 2 aliphatic heterocycles. The molecule has 6 heteroatoms. The summed E-state index contributed by atoms with van der Waals surface area (Å²) < 4.78 is 0. The van der Waals surface area contributed by atoms with Gasteiger partial charge in [0.25, 0.3) is 5.91 Å². The molecular formula is C21H24N4O2. The van der Waals surface area contributed by atoms with Crippen molar-refractivity contribution in [3.63, 3.8) is 0 Å². The number of carbonyl (C=O) groups is 2. The number of benzene rings is 1. The lowest BCUT2D eigenvalue weighted by Gasteiger charge is -2.25. The number of carbonyl (C=O) groups excluding carboxylic acids is 2. The van der Waals surface area contributed by atoms with E-state index in [4.69, 9.17) is 0 Å². The SMILES string of the molecule is O=C(NC(Cc1cccnc1)C(=O)N1C[C@H]2CNC[C@H]2C1)c1ccccc1. The Labute approximate surface area is 159 Å². The number of nitrogens with one attached hydrogen (secondary N) is 2. The average molecular weight is 364 g/mol. The molecule has 2 fully saturated rings. The van der Waals surface area contributed by atoms with E-state index >= 15 is 0 Å². The van der Waals surface area contributed by atoms with Gasteiger partial charge in [-0.3, -0.25) is 14.6 Å². The van der Waals surface area contributed by atoms with Gasteiger partial charge in [0.1, 0.15) is 6.04 Å². The van der Waals surface area contributed by atoms with Crippen molar-refractivity contribution in [3.05, 3.63) is 66.0 Å². The smallest absolute Gasteiger partial charge is 0.251 e. The quantitative estimate of drug-likeness (QED) is 0.833. The molecule has 3 heterocycles. The number of pyridine rings is 1. The largest absolute Gasteiger partial charge is 0.340 e. The molecule has 4 rings (SSSR count). The highest BCUT2D eigenvalue weighted by atomic mass is 16.2. The van der Waals surface area contributed by atoms with E-state index < -0.39 is 6.04 Å². The van der Waals surface area contributed by atoms with Gasteiger partial charge in [0, 0.05) is 50.6 Å². The molecule has 1 aromatic carbocycles. The number of fused-ring (bicyclic) bond motifs is 1.